The summed E-state index contributed by atoms with van der Waals surface area (Å²) in [5.74, 6) is -0.166. The first-order chi connectivity index (χ1) is 9.69. The minimum absolute atomic E-state index is 0.00643. The van der Waals surface area contributed by atoms with E-state index in [2.05, 4.69) is 20.6 Å². The van der Waals surface area contributed by atoms with E-state index in [1.54, 1.807) is 24.8 Å². The first-order valence-electron chi connectivity index (χ1n) is 6.65. The van der Waals surface area contributed by atoms with E-state index in [-0.39, 0.29) is 11.9 Å². The van der Waals surface area contributed by atoms with Gasteiger partial charge in [0.15, 0.2) is 0 Å². The molecule has 6 nitrogen and oxygen atoms in total. The van der Waals surface area contributed by atoms with Gasteiger partial charge >= 0.3 is 0 Å². The second-order valence-electron chi connectivity index (χ2n) is 4.60. The molecule has 2 aromatic heterocycles. The molecule has 1 amide bonds. The molecule has 0 aliphatic rings. The lowest BCUT2D eigenvalue weighted by atomic mass is 10.2. The number of anilines is 1. The average Bonchev–Trinajstić information content (AvgIpc) is 2.92. The summed E-state index contributed by atoms with van der Waals surface area (Å²) in [7, 11) is 0. The van der Waals surface area contributed by atoms with Gasteiger partial charge in [0, 0.05) is 31.5 Å². The summed E-state index contributed by atoms with van der Waals surface area (Å²) in [5, 5.41) is 6.06. The number of carbonyl (C=O) groups excluding carboxylic acids is 1. The Kier molecular flexibility index (Phi) is 4.70. The van der Waals surface area contributed by atoms with Gasteiger partial charge in [-0.05, 0) is 26.0 Å². The quantitative estimate of drug-likeness (QED) is 0.837. The van der Waals surface area contributed by atoms with Crippen LogP contribution in [0.25, 0.3) is 0 Å². The Morgan fingerprint density at radius 3 is 2.90 bits per heavy atom. The number of nitrogens with zero attached hydrogens (tertiary/aromatic N) is 3. The number of rotatable bonds is 6. The van der Waals surface area contributed by atoms with Crippen molar-refractivity contribution in [1.82, 2.24) is 19.9 Å². The van der Waals surface area contributed by atoms with Crippen LogP contribution < -0.4 is 10.6 Å². The normalized spacial score (nSPS) is 11.9. The highest BCUT2D eigenvalue weighted by atomic mass is 16.1. The summed E-state index contributed by atoms with van der Waals surface area (Å²) in [6, 6.07) is 3.58. The van der Waals surface area contributed by atoms with E-state index in [0.717, 1.165) is 12.2 Å². The highest BCUT2D eigenvalue weighted by Gasteiger charge is 2.11. The molecule has 0 saturated carbocycles. The molecule has 0 aromatic carbocycles. The Morgan fingerprint density at radius 1 is 1.45 bits per heavy atom. The second-order valence-corrected chi connectivity index (χ2v) is 4.60. The van der Waals surface area contributed by atoms with Gasteiger partial charge < -0.3 is 15.2 Å². The average molecular weight is 273 g/mol. The molecule has 0 radical (unpaired) electrons. The Morgan fingerprint density at radius 2 is 2.30 bits per heavy atom. The summed E-state index contributed by atoms with van der Waals surface area (Å²) in [5.41, 5.74) is 1.33. The number of imidazole rings is 1. The zero-order valence-electron chi connectivity index (χ0n) is 11.7. The third-order valence-electron chi connectivity index (χ3n) is 2.80. The van der Waals surface area contributed by atoms with Crippen LogP contribution in [0.3, 0.4) is 0 Å². The van der Waals surface area contributed by atoms with Gasteiger partial charge in [-0.2, -0.15) is 0 Å². The van der Waals surface area contributed by atoms with Crippen LogP contribution in [0.1, 0.15) is 24.3 Å². The number of hydrogen-bond donors (Lipinski definition) is 2. The smallest absolute Gasteiger partial charge is 0.270 e. The zero-order chi connectivity index (χ0) is 14.4. The zero-order valence-corrected chi connectivity index (χ0v) is 11.7. The van der Waals surface area contributed by atoms with E-state index >= 15 is 0 Å². The molecule has 2 N–H and O–H groups in total. The monoisotopic (exact) mass is 273 g/mol. The van der Waals surface area contributed by atoms with E-state index in [1.807, 2.05) is 30.7 Å². The lowest BCUT2D eigenvalue weighted by molar-refractivity contribution is 0.0931. The Labute approximate surface area is 118 Å². The fourth-order valence-electron chi connectivity index (χ4n) is 1.89. The van der Waals surface area contributed by atoms with E-state index in [9.17, 15) is 4.79 Å². The molecule has 6 heteroatoms. The second kappa shape index (κ2) is 6.70. The molecular formula is C14H19N5O. The van der Waals surface area contributed by atoms with Gasteiger partial charge in [-0.1, -0.05) is 0 Å². The van der Waals surface area contributed by atoms with Crippen LogP contribution in [-0.4, -0.2) is 33.0 Å². The summed E-state index contributed by atoms with van der Waals surface area (Å²) >= 11 is 0. The van der Waals surface area contributed by atoms with Gasteiger partial charge in [0.25, 0.3) is 5.91 Å². The van der Waals surface area contributed by atoms with Crippen LogP contribution in [0.5, 0.6) is 0 Å². The van der Waals surface area contributed by atoms with Crippen molar-refractivity contribution < 1.29 is 4.79 Å². The number of amides is 1. The summed E-state index contributed by atoms with van der Waals surface area (Å²) in [6.07, 6.45) is 6.98. The maximum absolute atomic E-state index is 12.0. The van der Waals surface area contributed by atoms with Gasteiger partial charge in [-0.3, -0.25) is 4.79 Å². The van der Waals surface area contributed by atoms with Crippen LogP contribution in [0.15, 0.2) is 37.1 Å². The third kappa shape index (κ3) is 3.81. The molecule has 2 aromatic rings. The lowest BCUT2D eigenvalue weighted by Crippen LogP contribution is -2.35. The fraction of sp³-hybridized carbons (Fsp3) is 0.357. The highest BCUT2D eigenvalue weighted by molar-refractivity contribution is 5.92. The minimum atomic E-state index is -0.166. The Bertz CT molecular complexity index is 535. The van der Waals surface area contributed by atoms with Gasteiger partial charge in [0.2, 0.25) is 0 Å². The predicted octanol–water partition coefficient (Wildman–Crippen LogP) is 1.53. The molecule has 0 aliphatic heterocycles. The Balaban J connectivity index is 1.90. The topological polar surface area (TPSA) is 71.8 Å². The molecule has 0 bridgehead atoms. The van der Waals surface area contributed by atoms with E-state index < -0.39 is 0 Å². The van der Waals surface area contributed by atoms with Crippen LogP contribution in [-0.2, 0) is 6.54 Å². The van der Waals surface area contributed by atoms with Crippen LogP contribution >= 0.6 is 0 Å². The molecule has 0 fully saturated rings. The van der Waals surface area contributed by atoms with Crippen molar-refractivity contribution in [1.29, 1.82) is 0 Å². The number of hydrogen-bond acceptors (Lipinski definition) is 4. The number of nitrogens with one attached hydrogen (secondary N) is 2. The standard InChI is InChI=1S/C14H19N5O/c1-3-16-12-4-5-13(17-8-12)14(20)18-11(2)9-19-7-6-15-10-19/h4-8,10-11,16H,3,9H2,1-2H3,(H,18,20). The van der Waals surface area contributed by atoms with Crippen molar-refractivity contribution in [2.24, 2.45) is 0 Å². The minimum Gasteiger partial charge on any atom is -0.384 e. The molecule has 0 spiro atoms. The molecule has 0 aliphatic carbocycles. The summed E-state index contributed by atoms with van der Waals surface area (Å²) < 4.78 is 1.92. The van der Waals surface area contributed by atoms with Gasteiger partial charge in [0.05, 0.1) is 18.2 Å². The van der Waals surface area contributed by atoms with Gasteiger partial charge in [-0.25, -0.2) is 9.97 Å². The van der Waals surface area contributed by atoms with Crippen molar-refractivity contribution in [3.05, 3.63) is 42.7 Å². The number of aromatic nitrogens is 3. The summed E-state index contributed by atoms with van der Waals surface area (Å²) in [4.78, 5) is 20.2. The fourth-order valence-corrected chi connectivity index (χ4v) is 1.89. The van der Waals surface area contributed by atoms with Crippen molar-refractivity contribution in [3.63, 3.8) is 0 Å². The van der Waals surface area contributed by atoms with Crippen molar-refractivity contribution >= 4 is 11.6 Å². The highest BCUT2D eigenvalue weighted by Crippen LogP contribution is 2.06. The van der Waals surface area contributed by atoms with E-state index in [4.69, 9.17) is 0 Å². The van der Waals surface area contributed by atoms with E-state index in [1.165, 1.54) is 0 Å². The SMILES string of the molecule is CCNc1ccc(C(=O)NC(C)Cn2ccnc2)nc1. The first kappa shape index (κ1) is 14.0. The maximum atomic E-state index is 12.0. The van der Waals surface area contributed by atoms with Crippen molar-refractivity contribution in [2.45, 2.75) is 26.4 Å². The molecule has 2 heterocycles. The van der Waals surface area contributed by atoms with E-state index in [0.29, 0.717) is 12.2 Å². The molecule has 1 atom stereocenters. The first-order valence-corrected chi connectivity index (χ1v) is 6.65. The predicted molar refractivity (Wildman–Crippen MR) is 77.6 cm³/mol. The van der Waals surface area contributed by atoms with Gasteiger partial charge in [0.1, 0.15) is 5.69 Å². The molecule has 2 rings (SSSR count). The lowest BCUT2D eigenvalue weighted by Gasteiger charge is -2.14. The summed E-state index contributed by atoms with van der Waals surface area (Å²) in [6.45, 7) is 5.47. The number of pyridine rings is 1. The van der Waals surface area contributed by atoms with Gasteiger partial charge in [-0.15, -0.1) is 0 Å². The third-order valence-corrected chi connectivity index (χ3v) is 2.80. The molecule has 20 heavy (non-hydrogen) atoms. The Hall–Kier alpha value is -2.37. The largest absolute Gasteiger partial charge is 0.384 e. The van der Waals surface area contributed by atoms with Crippen molar-refractivity contribution in [3.8, 4) is 0 Å². The van der Waals surface area contributed by atoms with Crippen LogP contribution in [0.2, 0.25) is 0 Å². The van der Waals surface area contributed by atoms with Crippen LogP contribution in [0.4, 0.5) is 5.69 Å². The molecule has 106 valence electrons. The van der Waals surface area contributed by atoms with Crippen LogP contribution in [0, 0.1) is 0 Å². The number of carbonyl (C=O) groups is 1. The maximum Gasteiger partial charge on any atom is 0.270 e. The molecule has 0 saturated heterocycles. The molecular weight excluding hydrogens is 254 g/mol. The van der Waals surface area contributed by atoms with Crippen molar-refractivity contribution in [2.75, 3.05) is 11.9 Å². The molecule has 1 unspecified atom stereocenters.